The summed E-state index contributed by atoms with van der Waals surface area (Å²) in [5, 5.41) is 3.10. The highest BCUT2D eigenvalue weighted by atomic mass is 32.2. The minimum Gasteiger partial charge on any atom is -0.325 e. The smallest absolute Gasteiger partial charge is 0.259 e. The van der Waals surface area contributed by atoms with Gasteiger partial charge in [-0.05, 0) is 43.5 Å². The molecule has 2 aliphatic rings. The van der Waals surface area contributed by atoms with Crippen LogP contribution in [0.4, 0.5) is 11.4 Å². The predicted octanol–water partition coefficient (Wildman–Crippen LogP) is 4.76. The number of fused-ring (bicyclic) bond motifs is 3. The van der Waals surface area contributed by atoms with E-state index in [1.165, 1.54) is 11.8 Å². The summed E-state index contributed by atoms with van der Waals surface area (Å²) in [4.78, 5) is 37.2. The molecule has 2 atom stereocenters. The minimum absolute atomic E-state index is 0.0795. The van der Waals surface area contributed by atoms with Gasteiger partial charge in [0.25, 0.3) is 5.91 Å². The van der Waals surface area contributed by atoms with Crippen molar-refractivity contribution in [2.24, 2.45) is 15.9 Å². The Morgan fingerprint density at radius 3 is 2.55 bits per heavy atom. The lowest BCUT2D eigenvalue weighted by Gasteiger charge is -2.27. The van der Waals surface area contributed by atoms with E-state index in [-0.39, 0.29) is 17.7 Å². The summed E-state index contributed by atoms with van der Waals surface area (Å²) in [5.41, 5.74) is 3.50. The fourth-order valence-corrected chi connectivity index (χ4v) is 4.61. The maximum absolute atomic E-state index is 13.2. The van der Waals surface area contributed by atoms with Gasteiger partial charge in [-0.25, -0.2) is 9.89 Å². The number of hydrogen-bond donors (Lipinski definition) is 1. The van der Waals surface area contributed by atoms with E-state index in [4.69, 9.17) is 9.98 Å². The molecule has 2 heterocycles. The van der Waals surface area contributed by atoms with E-state index in [1.54, 1.807) is 4.90 Å². The minimum atomic E-state index is -0.437. The zero-order chi connectivity index (χ0) is 22.1. The van der Waals surface area contributed by atoms with E-state index in [1.807, 2.05) is 76.2 Å². The van der Waals surface area contributed by atoms with E-state index in [0.29, 0.717) is 17.4 Å². The monoisotopic (exact) mass is 434 g/mol. The van der Waals surface area contributed by atoms with E-state index in [2.05, 4.69) is 5.32 Å². The van der Waals surface area contributed by atoms with Gasteiger partial charge in [-0.2, -0.15) is 0 Å². The Kier molecular flexibility index (Phi) is 5.96. The molecule has 4 rings (SSSR count). The third-order valence-electron chi connectivity index (χ3n) is 5.36. The highest BCUT2D eigenvalue weighted by Gasteiger charge is 2.43. The molecular weight excluding hydrogens is 408 g/mol. The van der Waals surface area contributed by atoms with E-state index in [9.17, 15) is 9.59 Å². The number of rotatable bonds is 5. The van der Waals surface area contributed by atoms with Crippen LogP contribution in [0.3, 0.4) is 0 Å². The first-order valence-electron chi connectivity index (χ1n) is 10.5. The molecule has 1 N–H and O–H groups in total. The number of nitrogens with one attached hydrogen (secondary N) is 1. The van der Waals surface area contributed by atoms with Gasteiger partial charge in [0.1, 0.15) is 11.9 Å². The number of carbonyl (C=O) groups excluding carboxylic acids is 2. The van der Waals surface area contributed by atoms with Crippen LogP contribution < -0.4 is 5.32 Å². The average molecular weight is 435 g/mol. The third-order valence-corrected chi connectivity index (χ3v) is 6.68. The zero-order valence-corrected chi connectivity index (χ0v) is 18.9. The van der Waals surface area contributed by atoms with Crippen LogP contribution in [0.2, 0.25) is 0 Å². The van der Waals surface area contributed by atoms with Gasteiger partial charge in [-0.3, -0.25) is 14.6 Å². The largest absolute Gasteiger partial charge is 0.325 e. The van der Waals surface area contributed by atoms with Crippen molar-refractivity contribution in [3.63, 3.8) is 0 Å². The van der Waals surface area contributed by atoms with Crippen molar-refractivity contribution in [2.45, 2.75) is 45.4 Å². The highest BCUT2D eigenvalue weighted by Crippen LogP contribution is 2.36. The number of anilines is 1. The van der Waals surface area contributed by atoms with Gasteiger partial charge in [-0.1, -0.05) is 62.4 Å². The summed E-state index contributed by atoms with van der Waals surface area (Å²) < 4.78 is 0. The molecule has 160 valence electrons. The van der Waals surface area contributed by atoms with Crippen molar-refractivity contribution in [2.75, 3.05) is 5.32 Å². The number of amidine groups is 2. The van der Waals surface area contributed by atoms with Gasteiger partial charge in [0.2, 0.25) is 5.91 Å². The fraction of sp³-hybridized carbons (Fsp3) is 0.333. The molecule has 6 nitrogen and oxygen atoms in total. The van der Waals surface area contributed by atoms with Crippen LogP contribution in [0, 0.1) is 12.8 Å². The summed E-state index contributed by atoms with van der Waals surface area (Å²) in [7, 11) is 0. The summed E-state index contributed by atoms with van der Waals surface area (Å²) >= 11 is 1.32. The van der Waals surface area contributed by atoms with Gasteiger partial charge in [0.15, 0.2) is 5.17 Å². The fourth-order valence-electron chi connectivity index (χ4n) is 3.59. The maximum Gasteiger partial charge on any atom is 0.259 e. The van der Waals surface area contributed by atoms with Crippen LogP contribution in [0.25, 0.3) is 0 Å². The van der Waals surface area contributed by atoms with Crippen LogP contribution >= 0.6 is 11.8 Å². The van der Waals surface area contributed by atoms with Crippen LogP contribution in [-0.4, -0.2) is 39.0 Å². The van der Waals surface area contributed by atoms with Gasteiger partial charge < -0.3 is 5.32 Å². The second-order valence-corrected chi connectivity index (χ2v) is 9.27. The molecule has 0 saturated heterocycles. The Bertz CT molecular complexity index is 1080. The lowest BCUT2D eigenvalue weighted by Crippen LogP contribution is -2.43. The molecule has 0 radical (unpaired) electrons. The molecule has 0 saturated carbocycles. The molecule has 2 amide bonds. The molecule has 0 aromatic heterocycles. The summed E-state index contributed by atoms with van der Waals surface area (Å²) in [6, 6.07) is 15.0. The highest BCUT2D eigenvalue weighted by molar-refractivity contribution is 8.15. The van der Waals surface area contributed by atoms with E-state index < -0.39 is 11.3 Å². The SMILES string of the molecule is CCC(SC1=Nc2ccccc2C2=NC(C(C)C)C(=O)N12)C(=O)Nc1ccc(C)cc1. The normalized spacial score (nSPS) is 18.3. The predicted molar refractivity (Wildman–Crippen MR) is 127 cm³/mol. The molecule has 2 aromatic rings. The van der Waals surface area contributed by atoms with Crippen molar-refractivity contribution >= 4 is 46.0 Å². The first-order chi connectivity index (χ1) is 14.9. The molecule has 2 aromatic carbocycles. The van der Waals surface area contributed by atoms with Gasteiger partial charge in [-0.15, -0.1) is 0 Å². The Labute approximate surface area is 186 Å². The van der Waals surface area contributed by atoms with Crippen molar-refractivity contribution in [1.29, 1.82) is 0 Å². The number of thioether (sulfide) groups is 1. The van der Waals surface area contributed by atoms with Gasteiger partial charge in [0, 0.05) is 11.3 Å². The first-order valence-corrected chi connectivity index (χ1v) is 11.4. The van der Waals surface area contributed by atoms with E-state index in [0.717, 1.165) is 22.5 Å². The number of aliphatic imine (C=N–C) groups is 2. The molecule has 2 aliphatic heterocycles. The molecule has 0 fully saturated rings. The van der Waals surface area contributed by atoms with Crippen molar-refractivity contribution in [1.82, 2.24) is 4.90 Å². The maximum atomic E-state index is 13.2. The van der Waals surface area contributed by atoms with Crippen LogP contribution in [0.5, 0.6) is 0 Å². The average Bonchev–Trinajstić information content (AvgIpc) is 3.11. The second kappa shape index (κ2) is 8.67. The number of amides is 2. The number of nitrogens with zero attached hydrogens (tertiary/aromatic N) is 3. The standard InChI is InChI=1S/C24H26N4O2S/c1-5-19(22(29)25-16-12-10-15(4)11-13-16)31-24-26-18-9-7-6-8-17(18)21-27-20(14(2)3)23(30)28(21)24/h6-14,19-20H,5H2,1-4H3,(H,25,29). The molecule has 0 spiro atoms. The molecule has 0 aliphatic carbocycles. The second-order valence-electron chi connectivity index (χ2n) is 8.10. The summed E-state index contributed by atoms with van der Waals surface area (Å²) in [6.07, 6.45) is 0.602. The Morgan fingerprint density at radius 1 is 1.16 bits per heavy atom. The number of hydrogen-bond acceptors (Lipinski definition) is 5. The number of carbonyl (C=O) groups is 2. The van der Waals surface area contributed by atoms with Crippen LogP contribution in [0.15, 0.2) is 58.5 Å². The molecule has 2 unspecified atom stereocenters. The molecule has 31 heavy (non-hydrogen) atoms. The van der Waals surface area contributed by atoms with Gasteiger partial charge >= 0.3 is 0 Å². The lowest BCUT2D eigenvalue weighted by molar-refractivity contribution is -0.125. The quantitative estimate of drug-likeness (QED) is 0.737. The van der Waals surface area contributed by atoms with Crippen molar-refractivity contribution in [3.05, 3.63) is 59.7 Å². The Morgan fingerprint density at radius 2 is 1.87 bits per heavy atom. The topological polar surface area (TPSA) is 74.1 Å². The van der Waals surface area contributed by atoms with E-state index >= 15 is 0 Å². The number of benzene rings is 2. The van der Waals surface area contributed by atoms with Gasteiger partial charge in [0.05, 0.1) is 10.9 Å². The Hall–Kier alpha value is -2.93. The third kappa shape index (κ3) is 4.14. The zero-order valence-electron chi connectivity index (χ0n) is 18.1. The molecule has 7 heteroatoms. The lowest BCUT2D eigenvalue weighted by atomic mass is 10.1. The van der Waals surface area contributed by atoms with Crippen molar-refractivity contribution in [3.8, 4) is 0 Å². The van der Waals surface area contributed by atoms with Crippen LogP contribution in [-0.2, 0) is 9.59 Å². The number of aryl methyl sites for hydroxylation is 1. The Balaban J connectivity index is 1.62. The van der Waals surface area contributed by atoms with Crippen LogP contribution in [0.1, 0.15) is 38.3 Å². The number of para-hydroxylation sites is 1. The summed E-state index contributed by atoms with van der Waals surface area (Å²) in [5.74, 6) is 0.518. The van der Waals surface area contributed by atoms with Crippen molar-refractivity contribution < 1.29 is 9.59 Å². The molecular formula is C24H26N4O2S. The molecule has 0 bridgehead atoms. The summed E-state index contributed by atoms with van der Waals surface area (Å²) in [6.45, 7) is 7.95. The first kappa shape index (κ1) is 21.3.